The van der Waals surface area contributed by atoms with Gasteiger partial charge in [0.05, 0.1) is 12.5 Å². The van der Waals surface area contributed by atoms with E-state index >= 15 is 0 Å². The van der Waals surface area contributed by atoms with Crippen molar-refractivity contribution >= 4 is 5.97 Å². The molecule has 2 unspecified atom stereocenters. The summed E-state index contributed by atoms with van der Waals surface area (Å²) in [7, 11) is 0. The van der Waals surface area contributed by atoms with Crippen LogP contribution in [0.25, 0.3) is 0 Å². The molecule has 0 bridgehead atoms. The predicted octanol–water partition coefficient (Wildman–Crippen LogP) is 4.49. The molecule has 0 aromatic rings. The highest BCUT2D eigenvalue weighted by Crippen LogP contribution is 2.14. The number of carbonyl (C=O) groups excluding carboxylic acids is 1. The van der Waals surface area contributed by atoms with Crippen molar-refractivity contribution in [3.63, 3.8) is 0 Å². The Morgan fingerprint density at radius 1 is 1.29 bits per heavy atom. The number of hydrogen-bond acceptors (Lipinski definition) is 2. The lowest BCUT2D eigenvalue weighted by Crippen LogP contribution is -2.15. The van der Waals surface area contributed by atoms with Crippen LogP contribution in [0.1, 0.15) is 68.4 Å². The van der Waals surface area contributed by atoms with Crippen molar-refractivity contribution in [1.29, 1.82) is 0 Å². The first-order chi connectivity index (χ1) is 9.00. The summed E-state index contributed by atoms with van der Waals surface area (Å²) < 4.78 is 21.1. The van der Waals surface area contributed by atoms with Gasteiger partial charge in [-0.05, 0) is 19.7 Å². The minimum atomic E-state index is -1.32. The van der Waals surface area contributed by atoms with E-state index in [1.807, 2.05) is 6.92 Å². The van der Waals surface area contributed by atoms with Crippen LogP contribution in [-0.2, 0) is 9.53 Å². The van der Waals surface area contributed by atoms with Crippen LogP contribution in [0.5, 0.6) is 0 Å². The van der Waals surface area contributed by atoms with Crippen LogP contribution in [0.15, 0.2) is 12.2 Å². The van der Waals surface area contributed by atoms with E-state index in [-0.39, 0.29) is 6.40 Å². The highest BCUT2D eigenvalue weighted by atomic mass is 16.5. The molecule has 0 radical (unpaired) electrons. The largest absolute Gasteiger partial charge is 0.466 e. The molecule has 0 aliphatic heterocycles. The van der Waals surface area contributed by atoms with Crippen LogP contribution < -0.4 is 0 Å². The van der Waals surface area contributed by atoms with Gasteiger partial charge in [-0.3, -0.25) is 4.79 Å². The fourth-order valence-electron chi connectivity index (χ4n) is 1.49. The van der Waals surface area contributed by atoms with Crippen molar-refractivity contribution in [3.8, 4) is 0 Å². The van der Waals surface area contributed by atoms with E-state index in [0.717, 1.165) is 32.1 Å². The van der Waals surface area contributed by atoms with Gasteiger partial charge < -0.3 is 4.74 Å². The zero-order valence-electron chi connectivity index (χ0n) is 13.5. The maximum atomic E-state index is 11.9. The van der Waals surface area contributed by atoms with Gasteiger partial charge in [-0.1, -0.05) is 58.1 Å². The third-order valence-electron chi connectivity index (χ3n) is 2.48. The SMILES string of the molecule is [2H]C(/C=C/C([2H])(CCCCC)C(=O)OCC)CCC. The molecule has 0 heterocycles. The van der Waals surface area contributed by atoms with Gasteiger partial charge in [-0.2, -0.15) is 0 Å². The zero-order chi connectivity index (χ0) is 14.7. The van der Waals surface area contributed by atoms with Gasteiger partial charge in [0.2, 0.25) is 0 Å². The van der Waals surface area contributed by atoms with Crippen molar-refractivity contribution in [2.24, 2.45) is 5.89 Å². The second kappa shape index (κ2) is 11.7. The number of allylic oxidation sites excluding steroid dienone is 1. The van der Waals surface area contributed by atoms with E-state index in [2.05, 4.69) is 6.92 Å². The first kappa shape index (κ1) is 12.7. The maximum Gasteiger partial charge on any atom is 0.312 e. The fourth-order valence-corrected chi connectivity index (χ4v) is 1.49. The van der Waals surface area contributed by atoms with E-state index in [0.29, 0.717) is 13.0 Å². The molecule has 0 N–H and O–H groups in total. The maximum absolute atomic E-state index is 11.9. The van der Waals surface area contributed by atoms with E-state index in [4.69, 9.17) is 7.48 Å². The highest BCUT2D eigenvalue weighted by molar-refractivity contribution is 5.74. The molecule has 0 spiro atoms. The minimum Gasteiger partial charge on any atom is -0.466 e. The third kappa shape index (κ3) is 8.96. The molecular weight excluding hydrogens is 212 g/mol. The molecule has 0 aromatic carbocycles. The normalized spacial score (nSPS) is 18.3. The van der Waals surface area contributed by atoms with Gasteiger partial charge in [0.1, 0.15) is 0 Å². The molecule has 0 aromatic heterocycles. The molecule has 0 aliphatic carbocycles. The molecule has 0 rings (SSSR count). The molecule has 0 aliphatic rings. The monoisotopic (exact) mass is 242 g/mol. The van der Waals surface area contributed by atoms with Gasteiger partial charge in [0, 0.05) is 2.74 Å². The predicted molar refractivity (Wildman–Crippen MR) is 72.9 cm³/mol. The highest BCUT2D eigenvalue weighted by Gasteiger charge is 2.15. The summed E-state index contributed by atoms with van der Waals surface area (Å²) >= 11 is 0. The van der Waals surface area contributed by atoms with E-state index in [1.54, 1.807) is 19.1 Å². The Kier molecular flexibility index (Phi) is 8.71. The Morgan fingerprint density at radius 2 is 2.00 bits per heavy atom. The molecule has 100 valence electrons. The molecule has 0 fully saturated rings. The molecule has 2 heteroatoms. The lowest BCUT2D eigenvalue weighted by atomic mass is 10.00. The molecular formula is C15H28O2. The standard InChI is InChI=1S/C15H28O2/c1-4-7-9-11-13-14(12-10-8-5-2)15(16)17-6-3/h11,13-14H,4-10,12H2,1-3H3/b13-11+/i9D,14D. The molecule has 0 amide bonds. The van der Waals surface area contributed by atoms with Crippen molar-refractivity contribution in [1.82, 2.24) is 0 Å². The third-order valence-corrected chi connectivity index (χ3v) is 2.48. The second-order valence-electron chi connectivity index (χ2n) is 4.09. The second-order valence-corrected chi connectivity index (χ2v) is 4.09. The van der Waals surface area contributed by atoms with Gasteiger partial charge in [-0.25, -0.2) is 0 Å². The summed E-state index contributed by atoms with van der Waals surface area (Å²) in [4.78, 5) is 11.9. The summed E-state index contributed by atoms with van der Waals surface area (Å²) in [6.45, 7) is 6.15. The fraction of sp³-hybridized carbons (Fsp3) is 0.800. The number of rotatable bonds is 10. The van der Waals surface area contributed by atoms with Crippen LogP contribution in [-0.4, -0.2) is 12.6 Å². The summed E-state index contributed by atoms with van der Waals surface area (Å²) in [5.74, 6) is -1.82. The van der Waals surface area contributed by atoms with Gasteiger partial charge in [0.15, 0.2) is 0 Å². The van der Waals surface area contributed by atoms with Crippen LogP contribution in [0.3, 0.4) is 0 Å². The number of carbonyl (C=O) groups is 1. The van der Waals surface area contributed by atoms with Crippen LogP contribution in [0.4, 0.5) is 0 Å². The summed E-state index contributed by atoms with van der Waals surface area (Å²) in [6.07, 6.45) is 7.94. The number of ether oxygens (including phenoxy) is 1. The smallest absolute Gasteiger partial charge is 0.312 e. The first-order valence-corrected chi connectivity index (χ1v) is 6.79. The van der Waals surface area contributed by atoms with Crippen LogP contribution in [0.2, 0.25) is 0 Å². The zero-order valence-corrected chi connectivity index (χ0v) is 11.5. The number of esters is 1. The van der Waals surface area contributed by atoms with Gasteiger partial charge >= 0.3 is 5.97 Å². The molecule has 17 heavy (non-hydrogen) atoms. The van der Waals surface area contributed by atoms with E-state index in [1.165, 1.54) is 0 Å². The summed E-state index contributed by atoms with van der Waals surface area (Å²) in [5, 5.41) is 0. The Bertz CT molecular complexity index is 279. The number of unbranched alkanes of at least 4 members (excludes halogenated alkanes) is 2. The van der Waals surface area contributed by atoms with Crippen molar-refractivity contribution in [2.45, 2.75) is 65.7 Å². The van der Waals surface area contributed by atoms with E-state index in [9.17, 15) is 4.79 Å². The lowest BCUT2D eigenvalue weighted by Gasteiger charge is -2.11. The number of hydrogen-bond donors (Lipinski definition) is 0. The van der Waals surface area contributed by atoms with Gasteiger partial charge in [0.25, 0.3) is 0 Å². The van der Waals surface area contributed by atoms with Crippen molar-refractivity contribution in [3.05, 3.63) is 12.2 Å². The van der Waals surface area contributed by atoms with Gasteiger partial charge in [-0.15, -0.1) is 0 Å². The summed E-state index contributed by atoms with van der Waals surface area (Å²) in [6, 6.07) is 0. The Hall–Kier alpha value is -0.790. The molecule has 0 saturated heterocycles. The molecule has 2 nitrogen and oxygen atoms in total. The van der Waals surface area contributed by atoms with Crippen molar-refractivity contribution in [2.75, 3.05) is 6.61 Å². The Morgan fingerprint density at radius 3 is 2.59 bits per heavy atom. The molecule has 2 atom stereocenters. The van der Waals surface area contributed by atoms with Crippen molar-refractivity contribution < 1.29 is 12.3 Å². The topological polar surface area (TPSA) is 26.3 Å². The average molecular weight is 242 g/mol. The molecule has 0 saturated carbocycles. The summed E-state index contributed by atoms with van der Waals surface area (Å²) in [5.41, 5.74) is 0. The van der Waals surface area contributed by atoms with Crippen LogP contribution in [0, 0.1) is 5.89 Å². The van der Waals surface area contributed by atoms with E-state index < -0.39 is 11.9 Å². The first-order valence-electron chi connectivity index (χ1n) is 7.86. The lowest BCUT2D eigenvalue weighted by molar-refractivity contribution is -0.146. The minimum absolute atomic E-state index is 0.292. The Labute approximate surface area is 109 Å². The average Bonchev–Trinajstić information content (AvgIpc) is 2.37. The Balaban J connectivity index is 4.68. The van der Waals surface area contributed by atoms with Crippen LogP contribution >= 0.6 is 0 Å². The quantitative estimate of drug-likeness (QED) is 0.320.